The number of hydrogen-bond donors (Lipinski definition) is 1. The van der Waals surface area contributed by atoms with Crippen molar-refractivity contribution >= 4 is 23.5 Å². The van der Waals surface area contributed by atoms with Gasteiger partial charge in [-0.1, -0.05) is 18.2 Å². The molecule has 0 aliphatic heterocycles. The number of nitrogens with one attached hydrogen (secondary N) is 1. The molecule has 0 fully saturated rings. The molecular weight excluding hydrogens is 363 g/mol. The third kappa shape index (κ3) is 6.19. The molecule has 0 saturated heterocycles. The van der Waals surface area contributed by atoms with E-state index in [2.05, 4.69) is 5.32 Å². The van der Waals surface area contributed by atoms with Gasteiger partial charge in [-0.25, -0.2) is 4.39 Å². The van der Waals surface area contributed by atoms with Gasteiger partial charge in [-0.15, -0.1) is 0 Å². The van der Waals surface area contributed by atoms with Crippen LogP contribution >= 0.6 is 0 Å². The first-order valence-corrected chi connectivity index (χ1v) is 9.02. The maximum Gasteiger partial charge on any atom is 0.310 e. The fourth-order valence-electron chi connectivity index (χ4n) is 2.59. The zero-order chi connectivity index (χ0) is 20.5. The van der Waals surface area contributed by atoms with Crippen molar-refractivity contribution in [3.05, 3.63) is 65.5 Å². The minimum atomic E-state index is -0.591. The van der Waals surface area contributed by atoms with Gasteiger partial charge in [-0.3, -0.25) is 14.4 Å². The highest BCUT2D eigenvalue weighted by atomic mass is 19.1. The zero-order valence-electron chi connectivity index (χ0n) is 15.9. The summed E-state index contributed by atoms with van der Waals surface area (Å²) >= 11 is 0. The lowest BCUT2D eigenvalue weighted by atomic mass is 10.1. The molecule has 2 amide bonds. The van der Waals surface area contributed by atoms with Gasteiger partial charge in [0, 0.05) is 24.3 Å². The maximum absolute atomic E-state index is 12.9. The Hall–Kier alpha value is -3.22. The van der Waals surface area contributed by atoms with Crippen LogP contribution in [0.2, 0.25) is 0 Å². The average molecular weight is 386 g/mol. The highest BCUT2D eigenvalue weighted by molar-refractivity contribution is 5.97. The van der Waals surface area contributed by atoms with E-state index in [9.17, 15) is 18.8 Å². The number of halogens is 1. The van der Waals surface area contributed by atoms with Gasteiger partial charge in [0.25, 0.3) is 11.8 Å². The third-order valence-electron chi connectivity index (χ3n) is 4.07. The Balaban J connectivity index is 1.87. The van der Waals surface area contributed by atoms with E-state index >= 15 is 0 Å². The number of esters is 1. The molecule has 0 saturated carbocycles. The molecule has 2 aromatic carbocycles. The fraction of sp³-hybridized carbons (Fsp3) is 0.286. The van der Waals surface area contributed by atoms with E-state index in [0.29, 0.717) is 29.9 Å². The predicted molar refractivity (Wildman–Crippen MR) is 103 cm³/mol. The highest BCUT2D eigenvalue weighted by Crippen LogP contribution is 2.13. The minimum Gasteiger partial charge on any atom is -0.455 e. The van der Waals surface area contributed by atoms with Crippen LogP contribution in [0.5, 0.6) is 0 Å². The monoisotopic (exact) mass is 386 g/mol. The van der Waals surface area contributed by atoms with E-state index in [1.165, 1.54) is 24.3 Å². The summed E-state index contributed by atoms with van der Waals surface area (Å²) in [5.74, 6) is -1.61. The van der Waals surface area contributed by atoms with E-state index in [-0.39, 0.29) is 12.3 Å². The van der Waals surface area contributed by atoms with Crippen molar-refractivity contribution in [2.75, 3.05) is 25.0 Å². The zero-order valence-corrected chi connectivity index (χ0v) is 15.9. The number of benzene rings is 2. The molecule has 2 rings (SSSR count). The van der Waals surface area contributed by atoms with Crippen molar-refractivity contribution < 1.29 is 23.5 Å². The molecule has 0 heterocycles. The molecular formula is C21H23FN2O4. The highest BCUT2D eigenvalue weighted by Gasteiger charge is 2.14. The van der Waals surface area contributed by atoms with E-state index in [1.54, 1.807) is 29.2 Å². The number of rotatable bonds is 8. The Labute approximate surface area is 163 Å². The van der Waals surface area contributed by atoms with Crippen LogP contribution < -0.4 is 5.32 Å². The minimum absolute atomic E-state index is 0.0541. The molecule has 148 valence electrons. The third-order valence-corrected chi connectivity index (χ3v) is 4.07. The largest absolute Gasteiger partial charge is 0.455 e. The van der Waals surface area contributed by atoms with Crippen LogP contribution in [0.25, 0.3) is 0 Å². The summed E-state index contributed by atoms with van der Waals surface area (Å²) in [6.45, 7) is 4.53. The first-order chi connectivity index (χ1) is 13.4. The smallest absolute Gasteiger partial charge is 0.310 e. The van der Waals surface area contributed by atoms with Gasteiger partial charge in [-0.05, 0) is 49.7 Å². The predicted octanol–water partition coefficient (Wildman–Crippen LogP) is 3.03. The lowest BCUT2D eigenvalue weighted by molar-refractivity contribution is -0.146. The molecule has 7 heteroatoms. The number of nitrogens with zero attached hydrogens (tertiary/aromatic N) is 1. The van der Waals surface area contributed by atoms with Gasteiger partial charge < -0.3 is 15.0 Å². The number of amides is 2. The number of ether oxygens (including phenoxy) is 1. The lowest BCUT2D eigenvalue weighted by Crippen LogP contribution is -2.30. The molecule has 0 unspecified atom stereocenters. The van der Waals surface area contributed by atoms with Crippen LogP contribution in [0, 0.1) is 5.82 Å². The van der Waals surface area contributed by atoms with Crippen LogP contribution in [0.4, 0.5) is 10.1 Å². The van der Waals surface area contributed by atoms with E-state index < -0.39 is 24.3 Å². The summed E-state index contributed by atoms with van der Waals surface area (Å²) in [7, 11) is 0. The van der Waals surface area contributed by atoms with Gasteiger partial charge in [0.2, 0.25) is 0 Å². The van der Waals surface area contributed by atoms with Gasteiger partial charge in [0.05, 0.1) is 6.42 Å². The average Bonchev–Trinajstić information content (AvgIpc) is 2.69. The van der Waals surface area contributed by atoms with Gasteiger partial charge in [0.1, 0.15) is 5.82 Å². The normalized spacial score (nSPS) is 10.2. The number of hydrogen-bond acceptors (Lipinski definition) is 4. The Morgan fingerprint density at radius 3 is 2.36 bits per heavy atom. The first-order valence-electron chi connectivity index (χ1n) is 9.02. The van der Waals surface area contributed by atoms with Crippen molar-refractivity contribution in [2.24, 2.45) is 0 Å². The molecule has 0 spiro atoms. The Kier molecular flexibility index (Phi) is 7.68. The molecule has 1 N–H and O–H groups in total. The maximum atomic E-state index is 12.9. The van der Waals surface area contributed by atoms with Crippen molar-refractivity contribution in [1.29, 1.82) is 0 Å². The Morgan fingerprint density at radius 2 is 1.71 bits per heavy atom. The SMILES string of the molecule is CCN(CC)C(=O)c1cccc(NC(=O)COC(=O)Cc2ccc(F)cc2)c1. The number of carbonyl (C=O) groups is 3. The molecule has 0 radical (unpaired) electrons. The van der Waals surface area contributed by atoms with Crippen LogP contribution in [0.3, 0.4) is 0 Å². The summed E-state index contributed by atoms with van der Waals surface area (Å²) in [6.07, 6.45) is -0.0541. The van der Waals surface area contributed by atoms with Crippen molar-refractivity contribution in [3.8, 4) is 0 Å². The van der Waals surface area contributed by atoms with Crippen LogP contribution in [-0.2, 0) is 20.7 Å². The van der Waals surface area contributed by atoms with E-state index in [0.717, 1.165) is 0 Å². The number of anilines is 1. The Morgan fingerprint density at radius 1 is 1.04 bits per heavy atom. The Bertz CT molecular complexity index is 833. The topological polar surface area (TPSA) is 75.7 Å². The second kappa shape index (κ2) is 10.2. The summed E-state index contributed by atoms with van der Waals surface area (Å²) < 4.78 is 17.8. The van der Waals surface area contributed by atoms with Crippen molar-refractivity contribution in [2.45, 2.75) is 20.3 Å². The van der Waals surface area contributed by atoms with Crippen LogP contribution in [0.15, 0.2) is 48.5 Å². The molecule has 28 heavy (non-hydrogen) atoms. The van der Waals surface area contributed by atoms with Crippen molar-refractivity contribution in [1.82, 2.24) is 4.90 Å². The quantitative estimate of drug-likeness (QED) is 0.708. The fourth-order valence-corrected chi connectivity index (χ4v) is 2.59. The van der Waals surface area contributed by atoms with Gasteiger partial charge >= 0.3 is 5.97 Å². The van der Waals surface area contributed by atoms with Gasteiger partial charge in [-0.2, -0.15) is 0 Å². The molecule has 0 aromatic heterocycles. The summed E-state index contributed by atoms with van der Waals surface area (Å²) in [5.41, 5.74) is 1.50. The summed E-state index contributed by atoms with van der Waals surface area (Å²) in [5, 5.41) is 2.60. The summed E-state index contributed by atoms with van der Waals surface area (Å²) in [4.78, 5) is 37.9. The van der Waals surface area contributed by atoms with Crippen LogP contribution in [0.1, 0.15) is 29.8 Å². The van der Waals surface area contributed by atoms with E-state index in [1.807, 2.05) is 13.8 Å². The molecule has 0 bridgehead atoms. The standard InChI is InChI=1S/C21H23FN2O4/c1-3-24(4-2)21(27)16-6-5-7-18(13-16)23-19(25)14-28-20(26)12-15-8-10-17(22)11-9-15/h5-11,13H,3-4,12,14H2,1-2H3,(H,23,25). The molecule has 2 aromatic rings. The van der Waals surface area contributed by atoms with Gasteiger partial charge in [0.15, 0.2) is 6.61 Å². The second-order valence-electron chi connectivity index (χ2n) is 6.07. The first kappa shape index (κ1) is 21.1. The lowest BCUT2D eigenvalue weighted by Gasteiger charge is -2.19. The summed E-state index contributed by atoms with van der Waals surface area (Å²) in [6, 6.07) is 12.1. The molecule has 0 aliphatic rings. The molecule has 0 aliphatic carbocycles. The molecule has 6 nitrogen and oxygen atoms in total. The van der Waals surface area contributed by atoms with Crippen molar-refractivity contribution in [3.63, 3.8) is 0 Å². The molecule has 0 atom stereocenters. The van der Waals surface area contributed by atoms with Crippen LogP contribution in [-0.4, -0.2) is 42.4 Å². The second-order valence-corrected chi connectivity index (χ2v) is 6.07. The number of carbonyl (C=O) groups excluding carboxylic acids is 3. The van der Waals surface area contributed by atoms with E-state index in [4.69, 9.17) is 4.74 Å².